The Hall–Kier alpha value is 0.01000. The first kappa shape index (κ1) is 15.0. The molecule has 0 saturated carbocycles. The minimum Gasteiger partial charge on any atom is -0.314 e. The SMILES string of the molecule is Cl.Cl.Clc1ccccc1C1CNCCN1. The van der Waals surface area contributed by atoms with Gasteiger partial charge in [-0.2, -0.15) is 0 Å². The summed E-state index contributed by atoms with van der Waals surface area (Å²) < 4.78 is 0. The van der Waals surface area contributed by atoms with Crippen LogP contribution in [-0.2, 0) is 0 Å². The van der Waals surface area contributed by atoms with Crippen LogP contribution in [0, 0.1) is 0 Å². The number of rotatable bonds is 1. The maximum Gasteiger partial charge on any atom is 0.0462 e. The van der Waals surface area contributed by atoms with Gasteiger partial charge in [-0.3, -0.25) is 0 Å². The van der Waals surface area contributed by atoms with Crippen molar-refractivity contribution in [2.75, 3.05) is 19.6 Å². The van der Waals surface area contributed by atoms with Crippen LogP contribution in [0.25, 0.3) is 0 Å². The zero-order chi connectivity index (χ0) is 9.10. The topological polar surface area (TPSA) is 24.1 Å². The highest BCUT2D eigenvalue weighted by Crippen LogP contribution is 2.22. The van der Waals surface area contributed by atoms with E-state index < -0.39 is 0 Å². The van der Waals surface area contributed by atoms with E-state index in [2.05, 4.69) is 16.7 Å². The van der Waals surface area contributed by atoms with Gasteiger partial charge >= 0.3 is 0 Å². The smallest absolute Gasteiger partial charge is 0.0462 e. The molecule has 2 rings (SSSR count). The third-order valence-corrected chi connectivity index (χ3v) is 2.67. The molecule has 0 bridgehead atoms. The Kier molecular flexibility index (Phi) is 7.32. The summed E-state index contributed by atoms with van der Waals surface area (Å²) in [6, 6.07) is 8.36. The third kappa shape index (κ3) is 3.82. The lowest BCUT2D eigenvalue weighted by Gasteiger charge is -2.25. The van der Waals surface area contributed by atoms with Crippen molar-refractivity contribution in [1.29, 1.82) is 0 Å². The fraction of sp³-hybridized carbons (Fsp3) is 0.400. The summed E-state index contributed by atoms with van der Waals surface area (Å²) in [5.41, 5.74) is 1.19. The molecule has 5 heteroatoms. The van der Waals surface area contributed by atoms with Gasteiger partial charge in [-0.05, 0) is 11.6 Å². The van der Waals surface area contributed by atoms with Crippen molar-refractivity contribution < 1.29 is 0 Å². The minimum atomic E-state index is 0. The van der Waals surface area contributed by atoms with Crippen LogP contribution in [0.3, 0.4) is 0 Å². The van der Waals surface area contributed by atoms with Gasteiger partial charge in [0.1, 0.15) is 0 Å². The molecular weight excluding hydrogens is 254 g/mol. The molecule has 1 aliphatic rings. The van der Waals surface area contributed by atoms with Crippen LogP contribution in [0.4, 0.5) is 0 Å². The molecule has 15 heavy (non-hydrogen) atoms. The van der Waals surface area contributed by atoms with Crippen LogP contribution in [0.5, 0.6) is 0 Å². The van der Waals surface area contributed by atoms with E-state index in [1.54, 1.807) is 0 Å². The van der Waals surface area contributed by atoms with Gasteiger partial charge in [0.05, 0.1) is 0 Å². The molecule has 86 valence electrons. The highest BCUT2D eigenvalue weighted by atomic mass is 35.5. The van der Waals surface area contributed by atoms with Crippen LogP contribution < -0.4 is 10.6 Å². The standard InChI is InChI=1S/C10H13ClN2.2ClH/c11-9-4-2-1-3-8(9)10-7-12-5-6-13-10;;/h1-4,10,12-13H,5-7H2;2*1H. The van der Waals surface area contributed by atoms with Crippen molar-refractivity contribution in [2.45, 2.75) is 6.04 Å². The number of hydrogen-bond donors (Lipinski definition) is 2. The Balaban J connectivity index is 0.000000980. The number of hydrogen-bond acceptors (Lipinski definition) is 2. The molecule has 1 aliphatic heterocycles. The second-order valence-corrected chi connectivity index (χ2v) is 3.64. The molecule has 0 amide bonds. The van der Waals surface area contributed by atoms with Crippen molar-refractivity contribution in [3.8, 4) is 0 Å². The van der Waals surface area contributed by atoms with E-state index in [4.69, 9.17) is 11.6 Å². The number of nitrogens with one attached hydrogen (secondary N) is 2. The summed E-state index contributed by atoms with van der Waals surface area (Å²) in [7, 11) is 0. The Morgan fingerprint density at radius 1 is 1.13 bits per heavy atom. The summed E-state index contributed by atoms with van der Waals surface area (Å²) in [6.45, 7) is 3.01. The summed E-state index contributed by atoms with van der Waals surface area (Å²) in [6.07, 6.45) is 0. The quantitative estimate of drug-likeness (QED) is 0.818. The van der Waals surface area contributed by atoms with E-state index in [0.717, 1.165) is 24.7 Å². The summed E-state index contributed by atoms with van der Waals surface area (Å²) in [4.78, 5) is 0. The van der Waals surface area contributed by atoms with Crippen molar-refractivity contribution in [2.24, 2.45) is 0 Å². The monoisotopic (exact) mass is 268 g/mol. The van der Waals surface area contributed by atoms with Gasteiger partial charge in [0.15, 0.2) is 0 Å². The van der Waals surface area contributed by atoms with E-state index >= 15 is 0 Å². The highest BCUT2D eigenvalue weighted by Gasteiger charge is 2.15. The lowest BCUT2D eigenvalue weighted by molar-refractivity contribution is 0.430. The van der Waals surface area contributed by atoms with Gasteiger partial charge in [-0.1, -0.05) is 29.8 Å². The molecule has 1 aromatic carbocycles. The molecule has 2 nitrogen and oxygen atoms in total. The third-order valence-electron chi connectivity index (χ3n) is 2.32. The first-order valence-corrected chi connectivity index (χ1v) is 4.94. The van der Waals surface area contributed by atoms with Crippen LogP contribution in [0.2, 0.25) is 5.02 Å². The predicted molar refractivity (Wildman–Crippen MR) is 69.6 cm³/mol. The zero-order valence-corrected chi connectivity index (χ0v) is 10.6. The largest absolute Gasteiger partial charge is 0.314 e. The van der Waals surface area contributed by atoms with Crippen molar-refractivity contribution in [1.82, 2.24) is 10.6 Å². The average molecular weight is 270 g/mol. The molecule has 0 aliphatic carbocycles. The normalized spacial score (nSPS) is 19.9. The minimum absolute atomic E-state index is 0. The van der Waals surface area contributed by atoms with Crippen LogP contribution >= 0.6 is 36.4 Å². The summed E-state index contributed by atoms with van der Waals surface area (Å²) in [5, 5.41) is 7.62. The molecule has 1 heterocycles. The van der Waals surface area contributed by atoms with Crippen LogP contribution in [-0.4, -0.2) is 19.6 Å². The molecule has 1 fully saturated rings. The molecule has 1 atom stereocenters. The Morgan fingerprint density at radius 3 is 2.47 bits per heavy atom. The van der Waals surface area contributed by atoms with Crippen LogP contribution in [0.15, 0.2) is 24.3 Å². The maximum absolute atomic E-state index is 6.09. The van der Waals surface area contributed by atoms with Gasteiger partial charge in [0.25, 0.3) is 0 Å². The molecule has 1 saturated heterocycles. The molecule has 0 radical (unpaired) electrons. The zero-order valence-electron chi connectivity index (χ0n) is 8.20. The van der Waals surface area contributed by atoms with E-state index in [1.165, 1.54) is 5.56 Å². The van der Waals surface area contributed by atoms with Gasteiger partial charge in [0, 0.05) is 30.7 Å². The summed E-state index contributed by atoms with van der Waals surface area (Å²) in [5.74, 6) is 0. The van der Waals surface area contributed by atoms with E-state index in [9.17, 15) is 0 Å². The fourth-order valence-corrected chi connectivity index (χ4v) is 1.90. The molecule has 1 aromatic rings. The van der Waals surface area contributed by atoms with Crippen molar-refractivity contribution in [3.63, 3.8) is 0 Å². The van der Waals surface area contributed by atoms with Crippen molar-refractivity contribution >= 4 is 36.4 Å². The second kappa shape index (κ2) is 7.31. The van der Waals surface area contributed by atoms with Crippen molar-refractivity contribution in [3.05, 3.63) is 34.9 Å². The van der Waals surface area contributed by atoms with Gasteiger partial charge in [-0.25, -0.2) is 0 Å². The second-order valence-electron chi connectivity index (χ2n) is 3.23. The maximum atomic E-state index is 6.09. The number of halogens is 3. The molecular formula is C10H15Cl3N2. The first-order valence-electron chi connectivity index (χ1n) is 4.56. The fourth-order valence-electron chi connectivity index (χ4n) is 1.63. The highest BCUT2D eigenvalue weighted by molar-refractivity contribution is 6.31. The van der Waals surface area contributed by atoms with E-state index in [-0.39, 0.29) is 24.8 Å². The van der Waals surface area contributed by atoms with Crippen LogP contribution in [0.1, 0.15) is 11.6 Å². The Bertz CT molecular complexity index is 288. The Morgan fingerprint density at radius 2 is 1.87 bits per heavy atom. The lowest BCUT2D eigenvalue weighted by Crippen LogP contribution is -2.42. The molecule has 0 aromatic heterocycles. The van der Waals surface area contributed by atoms with E-state index in [1.807, 2.05) is 18.2 Å². The van der Waals surface area contributed by atoms with E-state index in [0.29, 0.717) is 6.04 Å². The summed E-state index contributed by atoms with van der Waals surface area (Å²) >= 11 is 6.09. The lowest BCUT2D eigenvalue weighted by atomic mass is 10.1. The number of benzene rings is 1. The predicted octanol–water partition coefficient (Wildman–Crippen LogP) is 2.42. The molecule has 2 N–H and O–H groups in total. The Labute approximate surface area is 108 Å². The first-order chi connectivity index (χ1) is 6.38. The van der Waals surface area contributed by atoms with Gasteiger partial charge in [-0.15, -0.1) is 24.8 Å². The van der Waals surface area contributed by atoms with Gasteiger partial charge in [0.2, 0.25) is 0 Å². The number of piperazine rings is 1. The van der Waals surface area contributed by atoms with Gasteiger partial charge < -0.3 is 10.6 Å². The average Bonchev–Trinajstić information content (AvgIpc) is 2.20. The molecule has 1 unspecified atom stereocenters. The molecule has 0 spiro atoms.